The van der Waals surface area contributed by atoms with Crippen LogP contribution in [0.25, 0.3) is 0 Å². The van der Waals surface area contributed by atoms with Crippen molar-refractivity contribution >= 4 is 23.2 Å². The third-order valence-corrected chi connectivity index (χ3v) is 5.73. The van der Waals surface area contributed by atoms with Gasteiger partial charge < -0.3 is 16.0 Å². The lowest BCUT2D eigenvalue weighted by molar-refractivity contribution is 0.0957. The number of amides is 1. The molecule has 1 aromatic rings. The second-order valence-corrected chi connectivity index (χ2v) is 8.52. The molecule has 1 amide bonds. The molecule has 0 spiro atoms. The van der Waals surface area contributed by atoms with Crippen molar-refractivity contribution in [2.24, 2.45) is 4.99 Å². The summed E-state index contributed by atoms with van der Waals surface area (Å²) in [5.74, 6) is 0.862. The van der Waals surface area contributed by atoms with Crippen molar-refractivity contribution in [1.82, 2.24) is 20.9 Å². The van der Waals surface area contributed by atoms with Crippen LogP contribution in [0.2, 0.25) is 0 Å². The Morgan fingerprint density at radius 3 is 2.59 bits per heavy atom. The van der Waals surface area contributed by atoms with Gasteiger partial charge in [-0.25, -0.2) is 0 Å². The molecule has 27 heavy (non-hydrogen) atoms. The predicted molar refractivity (Wildman–Crippen MR) is 115 cm³/mol. The summed E-state index contributed by atoms with van der Waals surface area (Å²) >= 11 is 1.47. The first-order valence-electron chi connectivity index (χ1n) is 10.1. The Bertz CT molecular complexity index is 579. The minimum atomic E-state index is 0.00820. The number of piperidine rings is 1. The van der Waals surface area contributed by atoms with Gasteiger partial charge in [-0.1, -0.05) is 12.5 Å². The second-order valence-electron chi connectivity index (χ2n) is 7.57. The summed E-state index contributed by atoms with van der Waals surface area (Å²) in [5.41, 5.74) is 0.0808. The highest BCUT2D eigenvalue weighted by atomic mass is 32.1. The molecule has 2 rings (SSSR count). The summed E-state index contributed by atoms with van der Waals surface area (Å²) in [6.07, 6.45) is 4.80. The minimum Gasteiger partial charge on any atom is -0.357 e. The van der Waals surface area contributed by atoms with E-state index >= 15 is 0 Å². The van der Waals surface area contributed by atoms with Gasteiger partial charge in [0.15, 0.2) is 5.96 Å². The summed E-state index contributed by atoms with van der Waals surface area (Å²) in [7, 11) is 0. The lowest BCUT2D eigenvalue weighted by Crippen LogP contribution is -2.49. The Balaban J connectivity index is 1.71. The lowest BCUT2D eigenvalue weighted by atomic mass is 9.99. The summed E-state index contributed by atoms with van der Waals surface area (Å²) in [6.45, 7) is 12.0. The summed E-state index contributed by atoms with van der Waals surface area (Å²) in [6, 6.07) is 3.74. The van der Waals surface area contributed by atoms with Crippen molar-refractivity contribution in [2.45, 2.75) is 52.0 Å². The van der Waals surface area contributed by atoms with Gasteiger partial charge in [0.05, 0.1) is 11.4 Å². The number of nitrogens with zero attached hydrogens (tertiary/aromatic N) is 2. The predicted octanol–water partition coefficient (Wildman–Crippen LogP) is 2.69. The van der Waals surface area contributed by atoms with E-state index in [2.05, 4.69) is 41.6 Å². The van der Waals surface area contributed by atoms with Crippen LogP contribution in [-0.4, -0.2) is 61.6 Å². The highest BCUT2D eigenvalue weighted by Gasteiger charge is 2.27. The van der Waals surface area contributed by atoms with Gasteiger partial charge in [0.2, 0.25) is 0 Å². The number of hydrogen-bond acceptors (Lipinski definition) is 4. The lowest BCUT2D eigenvalue weighted by Gasteiger charge is -2.40. The number of carbonyl (C=O) groups is 1. The number of rotatable bonds is 9. The molecule has 6 nitrogen and oxygen atoms in total. The number of thiophene rings is 1. The Hall–Kier alpha value is -1.60. The zero-order valence-corrected chi connectivity index (χ0v) is 17.8. The van der Waals surface area contributed by atoms with Crippen LogP contribution >= 0.6 is 11.3 Å². The van der Waals surface area contributed by atoms with E-state index in [4.69, 9.17) is 4.99 Å². The van der Waals surface area contributed by atoms with Crippen LogP contribution in [-0.2, 0) is 0 Å². The smallest absolute Gasteiger partial charge is 0.261 e. The van der Waals surface area contributed by atoms with Crippen molar-refractivity contribution < 1.29 is 4.79 Å². The molecule has 7 heteroatoms. The normalized spacial score (nSPS) is 16.2. The number of nitrogens with one attached hydrogen (secondary N) is 3. The monoisotopic (exact) mass is 393 g/mol. The highest BCUT2D eigenvalue weighted by Crippen LogP contribution is 2.20. The topological polar surface area (TPSA) is 68.8 Å². The number of likely N-dealkylation sites (tertiary alicyclic amines) is 1. The summed E-state index contributed by atoms with van der Waals surface area (Å²) < 4.78 is 0. The molecule has 3 N–H and O–H groups in total. The number of guanidine groups is 1. The molecule has 0 aliphatic carbocycles. The Kier molecular flexibility index (Phi) is 9.07. The quantitative estimate of drug-likeness (QED) is 0.343. The van der Waals surface area contributed by atoms with Crippen LogP contribution in [0.5, 0.6) is 0 Å². The van der Waals surface area contributed by atoms with Crippen molar-refractivity contribution in [3.05, 3.63) is 22.4 Å². The molecule has 0 unspecified atom stereocenters. The average Bonchev–Trinajstić information content (AvgIpc) is 3.21. The first-order chi connectivity index (χ1) is 13.0. The second kappa shape index (κ2) is 11.3. The van der Waals surface area contributed by atoms with E-state index < -0.39 is 0 Å². The molecule has 1 fully saturated rings. The van der Waals surface area contributed by atoms with Crippen LogP contribution < -0.4 is 16.0 Å². The van der Waals surface area contributed by atoms with Gasteiger partial charge in [0.1, 0.15) is 0 Å². The third-order valence-electron chi connectivity index (χ3n) is 4.86. The van der Waals surface area contributed by atoms with Crippen molar-refractivity contribution in [2.75, 3.05) is 39.3 Å². The van der Waals surface area contributed by atoms with Crippen LogP contribution in [0, 0.1) is 0 Å². The van der Waals surface area contributed by atoms with Gasteiger partial charge in [-0.05, 0) is 64.6 Å². The molecule has 1 aromatic heterocycles. The highest BCUT2D eigenvalue weighted by molar-refractivity contribution is 7.12. The van der Waals surface area contributed by atoms with Gasteiger partial charge in [0.25, 0.3) is 5.91 Å². The van der Waals surface area contributed by atoms with E-state index in [9.17, 15) is 4.79 Å². The number of aliphatic imine (C=N–C) groups is 1. The van der Waals surface area contributed by atoms with E-state index in [0.29, 0.717) is 6.54 Å². The van der Waals surface area contributed by atoms with Gasteiger partial charge in [-0.3, -0.25) is 14.7 Å². The van der Waals surface area contributed by atoms with Gasteiger partial charge in [0, 0.05) is 25.2 Å². The Labute approximate surface area is 167 Å². The van der Waals surface area contributed by atoms with Crippen LogP contribution in [0.15, 0.2) is 22.5 Å². The molecule has 2 heterocycles. The van der Waals surface area contributed by atoms with E-state index in [1.807, 2.05) is 17.5 Å². The molecule has 0 radical (unpaired) electrons. The molecule has 0 saturated carbocycles. The molecule has 0 aromatic carbocycles. The standard InChI is InChI=1S/C20H35N5OS/c1-4-21-19(24-16-20(2,3)25-13-6-5-7-14-25)23-12-9-11-22-18(26)17-10-8-15-27-17/h8,10,15H,4-7,9,11-14,16H2,1-3H3,(H,22,26)(H2,21,23,24). The SMILES string of the molecule is CCNC(=NCC(C)(C)N1CCCCC1)NCCCNC(=O)c1cccs1. The zero-order chi connectivity index (χ0) is 19.5. The van der Waals surface area contributed by atoms with Crippen molar-refractivity contribution in [3.63, 3.8) is 0 Å². The van der Waals surface area contributed by atoms with E-state index in [-0.39, 0.29) is 11.4 Å². The Morgan fingerprint density at radius 1 is 1.19 bits per heavy atom. The number of hydrogen-bond donors (Lipinski definition) is 3. The van der Waals surface area contributed by atoms with Crippen LogP contribution in [0.1, 0.15) is 56.1 Å². The molecule has 152 valence electrons. The van der Waals surface area contributed by atoms with Crippen molar-refractivity contribution in [1.29, 1.82) is 0 Å². The minimum absolute atomic E-state index is 0.00820. The molecular weight excluding hydrogens is 358 g/mol. The molecule has 1 aliphatic rings. The fourth-order valence-corrected chi connectivity index (χ4v) is 3.85. The van der Waals surface area contributed by atoms with E-state index in [0.717, 1.165) is 36.9 Å². The molecular formula is C20H35N5OS. The fraction of sp³-hybridized carbons (Fsp3) is 0.700. The maximum Gasteiger partial charge on any atom is 0.261 e. The summed E-state index contributed by atoms with van der Waals surface area (Å²) in [5, 5.41) is 11.6. The fourth-order valence-electron chi connectivity index (χ4n) is 3.21. The number of carbonyl (C=O) groups excluding carboxylic acids is 1. The van der Waals surface area contributed by atoms with Gasteiger partial charge >= 0.3 is 0 Å². The zero-order valence-electron chi connectivity index (χ0n) is 17.0. The molecule has 0 atom stereocenters. The van der Waals surface area contributed by atoms with E-state index in [1.54, 1.807) is 0 Å². The van der Waals surface area contributed by atoms with Crippen LogP contribution in [0.3, 0.4) is 0 Å². The van der Waals surface area contributed by atoms with Crippen LogP contribution in [0.4, 0.5) is 0 Å². The van der Waals surface area contributed by atoms with Crippen molar-refractivity contribution in [3.8, 4) is 0 Å². The van der Waals surface area contributed by atoms with E-state index in [1.165, 1.54) is 43.7 Å². The molecule has 1 aliphatic heterocycles. The first-order valence-corrected chi connectivity index (χ1v) is 11.0. The molecule has 0 bridgehead atoms. The molecule has 1 saturated heterocycles. The first kappa shape index (κ1) is 21.7. The van der Waals surface area contributed by atoms with Gasteiger partial charge in [-0.2, -0.15) is 0 Å². The van der Waals surface area contributed by atoms with Gasteiger partial charge in [-0.15, -0.1) is 11.3 Å². The maximum absolute atomic E-state index is 11.9. The Morgan fingerprint density at radius 2 is 1.93 bits per heavy atom. The maximum atomic E-state index is 11.9. The summed E-state index contributed by atoms with van der Waals surface area (Å²) in [4.78, 5) is 20.0. The largest absolute Gasteiger partial charge is 0.357 e. The average molecular weight is 394 g/mol. The third kappa shape index (κ3) is 7.50.